The van der Waals surface area contributed by atoms with E-state index in [0.29, 0.717) is 5.02 Å². The number of benzene rings is 1. The highest BCUT2D eigenvalue weighted by Crippen LogP contribution is 2.34. The Morgan fingerprint density at radius 3 is 2.35 bits per heavy atom. The van der Waals surface area contributed by atoms with Crippen LogP contribution < -0.4 is 10.1 Å². The van der Waals surface area contributed by atoms with E-state index in [2.05, 4.69) is 44.0 Å². The maximum atomic E-state index is 6.12. The summed E-state index contributed by atoms with van der Waals surface area (Å²) in [6.07, 6.45) is 0. The van der Waals surface area contributed by atoms with Crippen LogP contribution in [-0.2, 0) is 0 Å². The number of nitrogens with one attached hydrogen (secondary N) is 1. The fourth-order valence-electron chi connectivity index (χ4n) is 3.00. The summed E-state index contributed by atoms with van der Waals surface area (Å²) in [5, 5.41) is 4.08. The zero-order valence-corrected chi connectivity index (χ0v) is 14.2. The maximum absolute atomic E-state index is 6.12. The van der Waals surface area contributed by atoms with Crippen LogP contribution in [0.5, 0.6) is 5.75 Å². The Labute approximate surface area is 128 Å². The van der Waals surface area contributed by atoms with Gasteiger partial charge in [-0.25, -0.2) is 0 Å². The summed E-state index contributed by atoms with van der Waals surface area (Å²) < 4.78 is 5.33. The minimum absolute atomic E-state index is 0.00289. The number of methoxy groups -OCH3 is 1. The second-order valence-electron chi connectivity index (χ2n) is 5.44. The van der Waals surface area contributed by atoms with E-state index >= 15 is 0 Å². The van der Waals surface area contributed by atoms with E-state index in [1.165, 1.54) is 5.56 Å². The van der Waals surface area contributed by atoms with Crippen LogP contribution in [0.25, 0.3) is 0 Å². The van der Waals surface area contributed by atoms with E-state index in [-0.39, 0.29) is 11.6 Å². The third-order valence-electron chi connectivity index (χ3n) is 4.08. The number of hydrogen-bond acceptors (Lipinski definition) is 3. The Kier molecular flexibility index (Phi) is 6.31. The molecular weight excluding hydrogens is 272 g/mol. The first-order valence-electron chi connectivity index (χ1n) is 7.18. The van der Waals surface area contributed by atoms with Crippen LogP contribution in [0, 0.1) is 0 Å². The molecule has 4 heteroatoms. The second-order valence-corrected chi connectivity index (χ2v) is 5.85. The zero-order valence-electron chi connectivity index (χ0n) is 13.5. The van der Waals surface area contributed by atoms with Gasteiger partial charge in [0.15, 0.2) is 0 Å². The van der Waals surface area contributed by atoms with Crippen LogP contribution in [-0.4, -0.2) is 37.7 Å². The van der Waals surface area contributed by atoms with Gasteiger partial charge in [0.05, 0.1) is 18.2 Å². The lowest BCUT2D eigenvalue weighted by Gasteiger charge is -2.43. The quantitative estimate of drug-likeness (QED) is 0.830. The van der Waals surface area contributed by atoms with Crippen LogP contribution >= 0.6 is 11.6 Å². The van der Waals surface area contributed by atoms with Gasteiger partial charge in [0.2, 0.25) is 0 Å². The molecule has 1 aromatic carbocycles. The molecule has 0 amide bonds. The first-order chi connectivity index (χ1) is 9.42. The van der Waals surface area contributed by atoms with E-state index in [1.54, 1.807) is 7.11 Å². The average molecular weight is 299 g/mol. The van der Waals surface area contributed by atoms with Crippen molar-refractivity contribution in [3.05, 3.63) is 28.8 Å². The molecule has 1 aromatic rings. The van der Waals surface area contributed by atoms with Crippen LogP contribution in [0.2, 0.25) is 5.02 Å². The van der Waals surface area contributed by atoms with Gasteiger partial charge >= 0.3 is 0 Å². The Morgan fingerprint density at radius 2 is 1.90 bits per heavy atom. The van der Waals surface area contributed by atoms with E-state index in [1.807, 2.05) is 19.2 Å². The number of ether oxygens (including phenoxy) is 1. The normalized spacial score (nSPS) is 13.6. The lowest BCUT2D eigenvalue weighted by molar-refractivity contribution is 0.0944. The number of likely N-dealkylation sites (N-methyl/N-ethyl adjacent to an activating group) is 2. The van der Waals surface area contributed by atoms with Gasteiger partial charge in [0.25, 0.3) is 0 Å². The summed E-state index contributed by atoms with van der Waals surface area (Å²) in [6, 6.07) is 6.19. The molecule has 20 heavy (non-hydrogen) atoms. The van der Waals surface area contributed by atoms with E-state index in [0.717, 1.165) is 18.8 Å². The molecule has 1 atom stereocenters. The van der Waals surface area contributed by atoms with E-state index in [4.69, 9.17) is 16.3 Å². The summed E-state index contributed by atoms with van der Waals surface area (Å²) in [4.78, 5) is 2.45. The molecular formula is C16H27ClN2O. The van der Waals surface area contributed by atoms with Crippen LogP contribution in [0.1, 0.15) is 39.3 Å². The topological polar surface area (TPSA) is 24.5 Å². The third-order valence-corrected chi connectivity index (χ3v) is 4.39. The van der Waals surface area contributed by atoms with Crippen molar-refractivity contribution >= 4 is 11.6 Å². The van der Waals surface area contributed by atoms with Gasteiger partial charge in [0, 0.05) is 5.54 Å². The van der Waals surface area contributed by atoms with Crippen molar-refractivity contribution in [1.82, 2.24) is 10.2 Å². The van der Waals surface area contributed by atoms with Gasteiger partial charge in [0.1, 0.15) is 5.75 Å². The standard InChI is InChI=1S/C16H27ClN2O/c1-7-19(8-2)16(3,4)15(18-5)12-9-10-13(17)14(11-12)20-6/h9-11,15,18H,7-8H2,1-6H3. The predicted molar refractivity (Wildman–Crippen MR) is 86.8 cm³/mol. The SMILES string of the molecule is CCN(CC)C(C)(C)C(NC)c1ccc(Cl)c(OC)c1. The van der Waals surface area contributed by atoms with Gasteiger partial charge in [-0.2, -0.15) is 0 Å². The zero-order chi connectivity index (χ0) is 15.3. The molecule has 0 saturated carbocycles. The highest BCUT2D eigenvalue weighted by Gasteiger charge is 2.34. The Morgan fingerprint density at radius 1 is 1.30 bits per heavy atom. The molecule has 0 radical (unpaired) electrons. The molecule has 1 rings (SSSR count). The molecule has 0 saturated heterocycles. The maximum Gasteiger partial charge on any atom is 0.137 e. The van der Waals surface area contributed by atoms with E-state index in [9.17, 15) is 0 Å². The van der Waals surface area contributed by atoms with Crippen molar-refractivity contribution in [2.24, 2.45) is 0 Å². The highest BCUT2D eigenvalue weighted by molar-refractivity contribution is 6.32. The van der Waals surface area contributed by atoms with Crippen LogP contribution in [0.4, 0.5) is 0 Å². The molecule has 0 aliphatic carbocycles. The van der Waals surface area contributed by atoms with Crippen LogP contribution in [0.3, 0.4) is 0 Å². The molecule has 1 N–H and O–H groups in total. The van der Waals surface area contributed by atoms with Crippen molar-refractivity contribution < 1.29 is 4.74 Å². The molecule has 0 fully saturated rings. The molecule has 0 aromatic heterocycles. The van der Waals surface area contributed by atoms with Crippen molar-refractivity contribution in [2.75, 3.05) is 27.2 Å². The van der Waals surface area contributed by atoms with Crippen molar-refractivity contribution in [1.29, 1.82) is 0 Å². The van der Waals surface area contributed by atoms with Gasteiger partial charge in [-0.15, -0.1) is 0 Å². The Hall–Kier alpha value is -0.770. The Balaban J connectivity index is 3.18. The van der Waals surface area contributed by atoms with Crippen molar-refractivity contribution in [3.8, 4) is 5.75 Å². The monoisotopic (exact) mass is 298 g/mol. The van der Waals surface area contributed by atoms with Crippen molar-refractivity contribution in [2.45, 2.75) is 39.3 Å². The smallest absolute Gasteiger partial charge is 0.137 e. The minimum atomic E-state index is -0.00289. The lowest BCUT2D eigenvalue weighted by atomic mass is 9.86. The average Bonchev–Trinajstić information content (AvgIpc) is 2.42. The number of halogens is 1. The van der Waals surface area contributed by atoms with Crippen molar-refractivity contribution in [3.63, 3.8) is 0 Å². The summed E-state index contributed by atoms with van der Waals surface area (Å²) in [6.45, 7) is 11.0. The highest BCUT2D eigenvalue weighted by atomic mass is 35.5. The fourth-order valence-corrected chi connectivity index (χ4v) is 3.20. The molecule has 0 bridgehead atoms. The first kappa shape index (κ1) is 17.3. The van der Waals surface area contributed by atoms with Gasteiger partial charge in [-0.3, -0.25) is 4.90 Å². The Bertz CT molecular complexity index is 430. The number of hydrogen-bond donors (Lipinski definition) is 1. The molecule has 0 heterocycles. The summed E-state index contributed by atoms with van der Waals surface area (Å²) in [5.41, 5.74) is 1.18. The molecule has 1 unspecified atom stereocenters. The molecule has 3 nitrogen and oxygen atoms in total. The summed E-state index contributed by atoms with van der Waals surface area (Å²) in [7, 11) is 3.64. The molecule has 0 aliphatic heterocycles. The predicted octanol–water partition coefficient (Wildman–Crippen LogP) is 3.73. The summed E-state index contributed by atoms with van der Waals surface area (Å²) >= 11 is 6.12. The first-order valence-corrected chi connectivity index (χ1v) is 7.55. The molecule has 0 spiro atoms. The second kappa shape index (κ2) is 7.30. The third kappa shape index (κ3) is 3.46. The minimum Gasteiger partial charge on any atom is -0.495 e. The largest absolute Gasteiger partial charge is 0.495 e. The molecule has 114 valence electrons. The van der Waals surface area contributed by atoms with Gasteiger partial charge in [-0.1, -0.05) is 31.5 Å². The summed E-state index contributed by atoms with van der Waals surface area (Å²) in [5.74, 6) is 0.722. The van der Waals surface area contributed by atoms with Gasteiger partial charge in [-0.05, 0) is 51.7 Å². The number of nitrogens with zero attached hydrogens (tertiary/aromatic N) is 1. The molecule has 0 aliphatic rings. The number of rotatable bonds is 7. The fraction of sp³-hybridized carbons (Fsp3) is 0.625. The van der Waals surface area contributed by atoms with Crippen LogP contribution in [0.15, 0.2) is 18.2 Å². The lowest BCUT2D eigenvalue weighted by Crippen LogP contribution is -2.51. The van der Waals surface area contributed by atoms with E-state index < -0.39 is 0 Å². The van der Waals surface area contributed by atoms with Gasteiger partial charge < -0.3 is 10.1 Å².